The maximum atomic E-state index is 13.5. The molecule has 3 aromatic rings. The molecule has 0 saturated heterocycles. The van der Waals surface area contributed by atoms with Gasteiger partial charge in [0.1, 0.15) is 17.3 Å². The topological polar surface area (TPSA) is 58.6 Å². The van der Waals surface area contributed by atoms with Crippen LogP contribution in [0.3, 0.4) is 0 Å². The first-order chi connectivity index (χ1) is 14.9. The zero-order valence-electron chi connectivity index (χ0n) is 17.4. The first-order valence-electron chi connectivity index (χ1n) is 9.77. The van der Waals surface area contributed by atoms with Crippen molar-refractivity contribution in [2.45, 2.75) is 13.8 Å². The van der Waals surface area contributed by atoms with Crippen LogP contribution >= 0.6 is 0 Å². The van der Waals surface area contributed by atoms with E-state index in [1.807, 2.05) is 32.0 Å². The number of aryl methyl sites for hydroxylation is 2. The first-order valence-corrected chi connectivity index (χ1v) is 9.77. The van der Waals surface area contributed by atoms with Crippen LogP contribution in [0.1, 0.15) is 16.7 Å². The molecule has 1 aliphatic heterocycles. The molecule has 1 N–H and O–H groups in total. The van der Waals surface area contributed by atoms with Crippen molar-refractivity contribution in [3.63, 3.8) is 0 Å². The van der Waals surface area contributed by atoms with E-state index < -0.39 is 17.6 Å². The molecule has 0 spiro atoms. The summed E-state index contributed by atoms with van der Waals surface area (Å²) in [7, 11) is 1.53. The molecular formula is C25H21FN2O3. The van der Waals surface area contributed by atoms with E-state index in [1.54, 1.807) is 24.3 Å². The molecule has 2 amide bonds. The highest BCUT2D eigenvalue weighted by molar-refractivity contribution is 6.46. The number of halogens is 1. The quantitative estimate of drug-likeness (QED) is 0.604. The van der Waals surface area contributed by atoms with Crippen molar-refractivity contribution >= 4 is 28.8 Å². The van der Waals surface area contributed by atoms with E-state index in [9.17, 15) is 14.0 Å². The average molecular weight is 416 g/mol. The van der Waals surface area contributed by atoms with Gasteiger partial charge in [0.05, 0.1) is 24.1 Å². The van der Waals surface area contributed by atoms with Crippen molar-refractivity contribution < 1.29 is 18.7 Å². The van der Waals surface area contributed by atoms with Gasteiger partial charge in [-0.25, -0.2) is 9.29 Å². The van der Waals surface area contributed by atoms with E-state index >= 15 is 0 Å². The summed E-state index contributed by atoms with van der Waals surface area (Å²) in [4.78, 5) is 28.1. The van der Waals surface area contributed by atoms with Crippen LogP contribution in [-0.2, 0) is 9.59 Å². The van der Waals surface area contributed by atoms with Gasteiger partial charge in [0.2, 0.25) is 0 Å². The number of nitrogens with one attached hydrogen (secondary N) is 1. The number of rotatable bonds is 5. The summed E-state index contributed by atoms with van der Waals surface area (Å²) < 4.78 is 18.9. The second-order valence-electron chi connectivity index (χ2n) is 7.32. The molecule has 3 aromatic carbocycles. The minimum Gasteiger partial charge on any atom is -0.495 e. The van der Waals surface area contributed by atoms with Crippen LogP contribution in [0.5, 0.6) is 5.75 Å². The number of nitrogens with zero attached hydrogens (tertiary/aromatic N) is 1. The number of ether oxygens (including phenoxy) is 1. The summed E-state index contributed by atoms with van der Waals surface area (Å²) in [6.07, 6.45) is 0. The minimum absolute atomic E-state index is 0.112. The largest absolute Gasteiger partial charge is 0.495 e. The monoisotopic (exact) mass is 416 g/mol. The Morgan fingerprint density at radius 3 is 2.29 bits per heavy atom. The van der Waals surface area contributed by atoms with Crippen molar-refractivity contribution in [1.82, 2.24) is 0 Å². The summed E-state index contributed by atoms with van der Waals surface area (Å²) in [5.41, 5.74) is 3.62. The summed E-state index contributed by atoms with van der Waals surface area (Å²) in [6.45, 7) is 3.80. The Balaban J connectivity index is 1.86. The predicted molar refractivity (Wildman–Crippen MR) is 118 cm³/mol. The number of methoxy groups -OCH3 is 1. The number of imide groups is 1. The molecule has 0 saturated carbocycles. The highest BCUT2D eigenvalue weighted by atomic mass is 19.1. The third-order valence-corrected chi connectivity index (χ3v) is 5.18. The van der Waals surface area contributed by atoms with Crippen LogP contribution in [-0.4, -0.2) is 18.9 Å². The standard InChI is InChI=1S/C25H21FN2O3/c1-15-8-13-20(16(2)14-15)28-24(29)22(17-9-11-18(26)12-10-17)23(25(28)30)27-19-6-4-5-7-21(19)31-3/h4-14,27H,1-3H3. The number of benzene rings is 3. The number of para-hydroxylation sites is 2. The van der Waals surface area contributed by atoms with Gasteiger partial charge in [-0.2, -0.15) is 0 Å². The average Bonchev–Trinajstić information content (AvgIpc) is 2.99. The van der Waals surface area contributed by atoms with E-state index in [1.165, 1.54) is 31.4 Å². The van der Waals surface area contributed by atoms with Gasteiger partial charge in [-0.15, -0.1) is 0 Å². The lowest BCUT2D eigenvalue weighted by atomic mass is 10.0. The molecule has 0 fully saturated rings. The van der Waals surface area contributed by atoms with Crippen LogP contribution < -0.4 is 15.0 Å². The minimum atomic E-state index is -0.484. The number of carbonyl (C=O) groups excluding carboxylic acids is 2. The normalized spacial score (nSPS) is 13.7. The lowest BCUT2D eigenvalue weighted by Gasteiger charge is -2.18. The highest BCUT2D eigenvalue weighted by Gasteiger charge is 2.41. The summed E-state index contributed by atoms with van der Waals surface area (Å²) >= 11 is 0. The summed E-state index contributed by atoms with van der Waals surface area (Å²) in [6, 6.07) is 18.2. The molecule has 1 aliphatic rings. The van der Waals surface area contributed by atoms with Crippen LogP contribution in [0.2, 0.25) is 0 Å². The Bertz CT molecular complexity index is 1220. The molecular weight excluding hydrogens is 395 g/mol. The van der Waals surface area contributed by atoms with Gasteiger partial charge in [-0.1, -0.05) is 42.0 Å². The zero-order chi connectivity index (χ0) is 22.1. The predicted octanol–water partition coefficient (Wildman–Crippen LogP) is 4.85. The summed E-state index contributed by atoms with van der Waals surface area (Å²) in [5, 5.41) is 3.08. The molecule has 0 radical (unpaired) electrons. The van der Waals surface area contributed by atoms with E-state index in [0.717, 1.165) is 16.0 Å². The molecule has 0 aliphatic carbocycles. The molecule has 6 heteroatoms. The Morgan fingerprint density at radius 2 is 1.61 bits per heavy atom. The van der Waals surface area contributed by atoms with Crippen molar-refractivity contribution in [3.8, 4) is 5.75 Å². The van der Waals surface area contributed by atoms with Crippen LogP contribution in [0.15, 0.2) is 72.4 Å². The van der Waals surface area contributed by atoms with Crippen LogP contribution in [0.25, 0.3) is 5.57 Å². The Kier molecular flexibility index (Phi) is 5.29. The number of amides is 2. The highest BCUT2D eigenvalue weighted by Crippen LogP contribution is 2.36. The van der Waals surface area contributed by atoms with E-state index in [0.29, 0.717) is 22.7 Å². The third-order valence-electron chi connectivity index (χ3n) is 5.18. The molecule has 0 atom stereocenters. The van der Waals surface area contributed by atoms with Gasteiger partial charge in [0.25, 0.3) is 11.8 Å². The van der Waals surface area contributed by atoms with Gasteiger partial charge in [-0.3, -0.25) is 9.59 Å². The maximum absolute atomic E-state index is 13.5. The van der Waals surface area contributed by atoms with Crippen molar-refractivity contribution in [3.05, 3.63) is 94.9 Å². The Labute approximate surface area is 179 Å². The third kappa shape index (κ3) is 3.68. The fraction of sp³-hybridized carbons (Fsp3) is 0.120. The second kappa shape index (κ2) is 8.07. The van der Waals surface area contributed by atoms with Gasteiger partial charge in [0.15, 0.2) is 0 Å². The lowest BCUT2D eigenvalue weighted by molar-refractivity contribution is -0.120. The van der Waals surface area contributed by atoms with Crippen molar-refractivity contribution in [2.75, 3.05) is 17.3 Å². The SMILES string of the molecule is COc1ccccc1NC1=C(c2ccc(F)cc2)C(=O)N(c2ccc(C)cc2C)C1=O. The smallest absolute Gasteiger partial charge is 0.282 e. The van der Waals surface area contributed by atoms with Crippen LogP contribution in [0, 0.1) is 19.7 Å². The van der Waals surface area contributed by atoms with Crippen LogP contribution in [0.4, 0.5) is 15.8 Å². The second-order valence-corrected chi connectivity index (χ2v) is 7.32. The first kappa shape index (κ1) is 20.3. The van der Waals surface area contributed by atoms with Crippen molar-refractivity contribution in [2.24, 2.45) is 0 Å². The maximum Gasteiger partial charge on any atom is 0.282 e. The molecule has 5 nitrogen and oxygen atoms in total. The van der Waals surface area contributed by atoms with Crippen molar-refractivity contribution in [1.29, 1.82) is 0 Å². The lowest BCUT2D eigenvalue weighted by Crippen LogP contribution is -2.33. The van der Waals surface area contributed by atoms with E-state index in [-0.39, 0.29) is 11.3 Å². The molecule has 0 unspecified atom stereocenters. The molecule has 4 rings (SSSR count). The number of carbonyl (C=O) groups is 2. The van der Waals surface area contributed by atoms with E-state index in [2.05, 4.69) is 5.32 Å². The number of hydrogen-bond acceptors (Lipinski definition) is 4. The van der Waals surface area contributed by atoms with Gasteiger partial charge < -0.3 is 10.1 Å². The number of hydrogen-bond donors (Lipinski definition) is 1. The molecule has 0 bridgehead atoms. The fourth-order valence-corrected chi connectivity index (χ4v) is 3.69. The Morgan fingerprint density at radius 1 is 0.903 bits per heavy atom. The fourth-order valence-electron chi connectivity index (χ4n) is 3.69. The zero-order valence-corrected chi connectivity index (χ0v) is 17.4. The van der Waals surface area contributed by atoms with Gasteiger partial charge in [-0.05, 0) is 55.3 Å². The van der Waals surface area contributed by atoms with Gasteiger partial charge in [0, 0.05) is 0 Å². The Hall–Kier alpha value is -3.93. The molecule has 156 valence electrons. The number of anilines is 2. The van der Waals surface area contributed by atoms with E-state index in [4.69, 9.17) is 4.74 Å². The molecule has 31 heavy (non-hydrogen) atoms. The van der Waals surface area contributed by atoms with Gasteiger partial charge >= 0.3 is 0 Å². The molecule has 0 aromatic heterocycles. The molecule has 1 heterocycles. The summed E-state index contributed by atoms with van der Waals surface area (Å²) in [5.74, 6) is -0.853.